The molecule has 3 aromatic rings. The Morgan fingerprint density at radius 3 is 2.70 bits per heavy atom. The molecule has 9 heteroatoms. The highest BCUT2D eigenvalue weighted by Crippen LogP contribution is 2.34. The van der Waals surface area contributed by atoms with Crippen molar-refractivity contribution in [2.45, 2.75) is 25.5 Å². The summed E-state index contributed by atoms with van der Waals surface area (Å²) in [7, 11) is 0. The van der Waals surface area contributed by atoms with Gasteiger partial charge in [-0.2, -0.15) is 0 Å². The summed E-state index contributed by atoms with van der Waals surface area (Å²) >= 11 is 6.29. The minimum atomic E-state index is -0.654. The molecule has 154 valence electrons. The number of hydrogen-bond acceptors (Lipinski definition) is 5. The molecule has 2 aromatic carbocycles. The van der Waals surface area contributed by atoms with Gasteiger partial charge in [0.15, 0.2) is 0 Å². The average Bonchev–Trinajstić information content (AvgIpc) is 3.53. The van der Waals surface area contributed by atoms with Gasteiger partial charge in [-0.15, -0.1) is 0 Å². The third-order valence-corrected chi connectivity index (χ3v) is 5.00. The number of rotatable bonds is 6. The monoisotopic (exact) mass is 426 g/mol. The molecule has 0 aliphatic heterocycles. The van der Waals surface area contributed by atoms with Crippen LogP contribution in [-0.2, 0) is 6.61 Å². The van der Waals surface area contributed by atoms with Crippen molar-refractivity contribution in [3.8, 4) is 11.5 Å². The fourth-order valence-corrected chi connectivity index (χ4v) is 3.24. The van der Waals surface area contributed by atoms with Crippen LogP contribution in [0.25, 0.3) is 10.9 Å². The van der Waals surface area contributed by atoms with Gasteiger partial charge in [0, 0.05) is 29.3 Å². The standard InChI is InChI=1S/C21H19ClN4O4/c22-16-8-13(3-4-17(16)26-21(29)25-12-1-2-12)30-19-5-6-24-18-7-11(10-27)14(20(23)28)9-15(18)19/h3-9,12,27H,1-2,10H2,(H2,23,28)(H2,25,26,29). The summed E-state index contributed by atoms with van der Waals surface area (Å²) in [6.07, 6.45) is 3.54. The molecule has 1 aliphatic rings. The van der Waals surface area contributed by atoms with Crippen molar-refractivity contribution >= 4 is 40.1 Å². The minimum absolute atomic E-state index is 0.196. The number of anilines is 1. The molecule has 30 heavy (non-hydrogen) atoms. The Bertz CT molecular complexity index is 1150. The van der Waals surface area contributed by atoms with E-state index in [4.69, 9.17) is 22.1 Å². The third-order valence-electron chi connectivity index (χ3n) is 4.69. The number of aliphatic hydroxyl groups excluding tert-OH is 1. The Kier molecular flexibility index (Phi) is 5.43. The lowest BCUT2D eigenvalue weighted by Crippen LogP contribution is -2.30. The van der Waals surface area contributed by atoms with Gasteiger partial charge in [0.05, 0.1) is 22.8 Å². The largest absolute Gasteiger partial charge is 0.457 e. The molecule has 0 spiro atoms. The van der Waals surface area contributed by atoms with E-state index in [1.54, 1.807) is 42.6 Å². The number of ether oxygens (including phenoxy) is 1. The van der Waals surface area contributed by atoms with E-state index in [1.165, 1.54) is 0 Å². The van der Waals surface area contributed by atoms with E-state index in [-0.39, 0.29) is 24.2 Å². The SMILES string of the molecule is NC(=O)c1cc2c(Oc3ccc(NC(=O)NC4CC4)c(Cl)c3)ccnc2cc1CO. The molecular weight excluding hydrogens is 408 g/mol. The van der Waals surface area contributed by atoms with Gasteiger partial charge in [0.2, 0.25) is 5.91 Å². The number of nitrogens with zero attached hydrogens (tertiary/aromatic N) is 1. The number of nitrogens with two attached hydrogens (primary N) is 1. The van der Waals surface area contributed by atoms with Crippen molar-refractivity contribution in [1.29, 1.82) is 0 Å². The molecule has 0 atom stereocenters. The van der Waals surface area contributed by atoms with Crippen molar-refractivity contribution < 1.29 is 19.4 Å². The topological polar surface area (TPSA) is 127 Å². The quantitative estimate of drug-likeness (QED) is 0.479. The van der Waals surface area contributed by atoms with Gasteiger partial charge in [-0.3, -0.25) is 9.78 Å². The number of aromatic nitrogens is 1. The van der Waals surface area contributed by atoms with Gasteiger partial charge >= 0.3 is 6.03 Å². The number of fused-ring (bicyclic) bond motifs is 1. The molecule has 5 N–H and O–H groups in total. The molecule has 1 aromatic heterocycles. The van der Waals surface area contributed by atoms with E-state index in [0.717, 1.165) is 12.8 Å². The summed E-state index contributed by atoms with van der Waals surface area (Å²) in [5.74, 6) is 0.224. The Hall–Kier alpha value is -3.36. The smallest absolute Gasteiger partial charge is 0.319 e. The molecule has 1 fully saturated rings. The summed E-state index contributed by atoms with van der Waals surface area (Å²) in [5, 5.41) is 15.9. The van der Waals surface area contributed by atoms with E-state index >= 15 is 0 Å². The zero-order valence-electron chi connectivity index (χ0n) is 15.8. The van der Waals surface area contributed by atoms with Crippen LogP contribution in [0.2, 0.25) is 5.02 Å². The lowest BCUT2D eigenvalue weighted by molar-refractivity contribution is 0.0997. The zero-order chi connectivity index (χ0) is 21.3. The third kappa shape index (κ3) is 4.29. The first-order valence-electron chi connectivity index (χ1n) is 9.32. The zero-order valence-corrected chi connectivity index (χ0v) is 16.6. The van der Waals surface area contributed by atoms with Crippen LogP contribution in [0.15, 0.2) is 42.6 Å². The number of primary amides is 1. The van der Waals surface area contributed by atoms with Crippen molar-refractivity contribution in [3.63, 3.8) is 0 Å². The molecular formula is C21H19ClN4O4. The molecule has 4 rings (SSSR count). The average molecular weight is 427 g/mol. The van der Waals surface area contributed by atoms with Gasteiger partial charge in [-0.05, 0) is 48.7 Å². The predicted molar refractivity (Wildman–Crippen MR) is 113 cm³/mol. The highest BCUT2D eigenvalue weighted by atomic mass is 35.5. The molecule has 0 bridgehead atoms. The van der Waals surface area contributed by atoms with Crippen molar-refractivity contribution in [2.75, 3.05) is 5.32 Å². The number of aliphatic hydroxyl groups is 1. The lowest BCUT2D eigenvalue weighted by atomic mass is 10.0. The van der Waals surface area contributed by atoms with Crippen LogP contribution < -0.4 is 21.1 Å². The number of benzene rings is 2. The number of pyridine rings is 1. The summed E-state index contributed by atoms with van der Waals surface area (Å²) in [4.78, 5) is 27.9. The van der Waals surface area contributed by atoms with Gasteiger partial charge in [-0.25, -0.2) is 4.79 Å². The van der Waals surface area contributed by atoms with Crippen LogP contribution in [0.1, 0.15) is 28.8 Å². The Morgan fingerprint density at radius 1 is 1.23 bits per heavy atom. The van der Waals surface area contributed by atoms with Crippen molar-refractivity contribution in [2.24, 2.45) is 5.73 Å². The predicted octanol–water partition coefficient (Wildman–Crippen LogP) is 3.56. The van der Waals surface area contributed by atoms with Crippen LogP contribution in [0.3, 0.4) is 0 Å². The highest BCUT2D eigenvalue weighted by Gasteiger charge is 2.23. The van der Waals surface area contributed by atoms with Crippen LogP contribution in [0, 0.1) is 0 Å². The second kappa shape index (κ2) is 8.17. The molecule has 3 amide bonds. The van der Waals surface area contributed by atoms with E-state index in [9.17, 15) is 14.7 Å². The Labute approximate surface area is 177 Å². The number of carbonyl (C=O) groups excluding carboxylic acids is 2. The van der Waals surface area contributed by atoms with Gasteiger partial charge in [0.1, 0.15) is 11.5 Å². The van der Waals surface area contributed by atoms with Crippen molar-refractivity contribution in [3.05, 3.63) is 58.7 Å². The van der Waals surface area contributed by atoms with Crippen LogP contribution in [0.4, 0.5) is 10.5 Å². The molecule has 0 unspecified atom stereocenters. The van der Waals surface area contributed by atoms with Gasteiger partial charge < -0.3 is 26.2 Å². The molecule has 0 saturated heterocycles. The maximum absolute atomic E-state index is 11.9. The Balaban J connectivity index is 1.60. The number of nitrogens with one attached hydrogen (secondary N) is 2. The van der Waals surface area contributed by atoms with E-state index in [0.29, 0.717) is 38.7 Å². The van der Waals surface area contributed by atoms with Crippen LogP contribution in [-0.4, -0.2) is 28.1 Å². The second-order valence-electron chi connectivity index (χ2n) is 6.97. The first-order valence-corrected chi connectivity index (χ1v) is 9.69. The summed E-state index contributed by atoms with van der Waals surface area (Å²) in [5.41, 5.74) is 7.02. The summed E-state index contributed by atoms with van der Waals surface area (Å²) in [6.45, 7) is -0.334. The van der Waals surface area contributed by atoms with Gasteiger partial charge in [0.25, 0.3) is 0 Å². The van der Waals surface area contributed by atoms with E-state index < -0.39 is 5.91 Å². The maximum Gasteiger partial charge on any atom is 0.319 e. The number of urea groups is 1. The van der Waals surface area contributed by atoms with Crippen LogP contribution >= 0.6 is 11.6 Å². The first kappa shape index (κ1) is 19.9. The number of carbonyl (C=O) groups is 2. The lowest BCUT2D eigenvalue weighted by Gasteiger charge is -2.13. The van der Waals surface area contributed by atoms with Crippen LogP contribution in [0.5, 0.6) is 11.5 Å². The fraction of sp³-hybridized carbons (Fsp3) is 0.190. The van der Waals surface area contributed by atoms with E-state index in [1.807, 2.05) is 0 Å². The second-order valence-corrected chi connectivity index (χ2v) is 7.38. The molecule has 8 nitrogen and oxygen atoms in total. The number of halogens is 1. The Morgan fingerprint density at radius 2 is 2.03 bits per heavy atom. The minimum Gasteiger partial charge on any atom is -0.457 e. The number of hydrogen-bond donors (Lipinski definition) is 4. The maximum atomic E-state index is 11.9. The number of amides is 3. The highest BCUT2D eigenvalue weighted by molar-refractivity contribution is 6.33. The normalized spacial score (nSPS) is 13.1. The molecule has 1 heterocycles. The molecule has 1 saturated carbocycles. The summed E-state index contributed by atoms with van der Waals surface area (Å²) in [6, 6.07) is 9.63. The van der Waals surface area contributed by atoms with E-state index in [2.05, 4.69) is 15.6 Å². The first-order chi connectivity index (χ1) is 14.4. The fourth-order valence-electron chi connectivity index (χ4n) is 3.02. The molecule has 1 aliphatic carbocycles. The van der Waals surface area contributed by atoms with Crippen molar-refractivity contribution in [1.82, 2.24) is 10.3 Å². The van der Waals surface area contributed by atoms with Gasteiger partial charge in [-0.1, -0.05) is 11.6 Å². The summed E-state index contributed by atoms with van der Waals surface area (Å²) < 4.78 is 5.95. The molecule has 0 radical (unpaired) electrons.